The third-order valence-corrected chi connectivity index (χ3v) is 8.71. The number of nitrogens with one attached hydrogen (secondary N) is 2. The Labute approximate surface area is 208 Å². The molecule has 4 rings (SSSR count). The molecule has 0 bridgehead atoms. The van der Waals surface area contributed by atoms with Gasteiger partial charge < -0.3 is 15.5 Å². The fourth-order valence-electron chi connectivity index (χ4n) is 5.84. The van der Waals surface area contributed by atoms with Gasteiger partial charge in [-0.15, -0.1) is 0 Å². The monoisotopic (exact) mass is 486 g/mol. The molecule has 3 aliphatic rings. The van der Waals surface area contributed by atoms with E-state index in [1.165, 1.54) is 31.7 Å². The van der Waals surface area contributed by atoms with Gasteiger partial charge in [0.2, 0.25) is 5.91 Å². The van der Waals surface area contributed by atoms with E-state index in [1.54, 1.807) is 0 Å². The standard InChI is InChI=1S/C27H39ClN4O2/c1-4-20-7-9-22(10-8-20)25-30-26(34)27(31-25)13-16-32(17-14-27)15-5-6-21-11-12-23(29-19(3)33)24(28)18(21)2/h11-12,20,22H,4-10,13-17H2,1-3H3,(H,29,33)(H,30,31,34)/t20-,22-. The number of aryl methyl sites for hydroxylation is 1. The Hall–Kier alpha value is -1.92. The number of benzene rings is 1. The lowest BCUT2D eigenvalue weighted by molar-refractivity contribution is -0.125. The normalized spacial score (nSPS) is 24.7. The minimum absolute atomic E-state index is 0.117. The number of hydrogen-bond acceptors (Lipinski definition) is 4. The van der Waals surface area contributed by atoms with Crippen molar-refractivity contribution in [3.63, 3.8) is 0 Å². The molecule has 2 fully saturated rings. The van der Waals surface area contributed by atoms with Crippen LogP contribution >= 0.6 is 11.6 Å². The summed E-state index contributed by atoms with van der Waals surface area (Å²) in [6.07, 6.45) is 9.70. The number of hydrogen-bond donors (Lipinski definition) is 2. The number of halogens is 1. The number of nitrogens with zero attached hydrogens (tertiary/aromatic N) is 2. The van der Waals surface area contributed by atoms with Crippen molar-refractivity contribution in [2.75, 3.05) is 25.0 Å². The molecule has 2 aliphatic heterocycles. The first-order valence-electron chi connectivity index (χ1n) is 13.0. The Kier molecular flexibility index (Phi) is 7.98. The largest absolute Gasteiger partial charge is 0.325 e. The lowest BCUT2D eigenvalue weighted by Gasteiger charge is -2.35. The second-order valence-electron chi connectivity index (χ2n) is 10.4. The van der Waals surface area contributed by atoms with Gasteiger partial charge in [-0.2, -0.15) is 0 Å². The molecule has 1 spiro atoms. The first kappa shape index (κ1) is 25.2. The van der Waals surface area contributed by atoms with Crippen molar-refractivity contribution in [2.24, 2.45) is 16.8 Å². The number of carbonyl (C=O) groups excluding carboxylic acids is 2. The van der Waals surface area contributed by atoms with Gasteiger partial charge >= 0.3 is 0 Å². The molecule has 6 nitrogen and oxygen atoms in total. The summed E-state index contributed by atoms with van der Waals surface area (Å²) in [5, 5.41) is 6.58. The van der Waals surface area contributed by atoms with Crippen molar-refractivity contribution in [3.8, 4) is 0 Å². The highest BCUT2D eigenvalue weighted by molar-refractivity contribution is 6.34. The van der Waals surface area contributed by atoms with Crippen LogP contribution in [-0.2, 0) is 16.0 Å². The Morgan fingerprint density at radius 3 is 2.59 bits per heavy atom. The van der Waals surface area contributed by atoms with Crippen LogP contribution in [-0.4, -0.2) is 47.7 Å². The van der Waals surface area contributed by atoms with Crippen molar-refractivity contribution >= 4 is 34.9 Å². The number of amidine groups is 1. The molecular formula is C27H39ClN4O2. The molecule has 2 amide bonds. The van der Waals surface area contributed by atoms with Crippen LogP contribution < -0.4 is 10.6 Å². The van der Waals surface area contributed by atoms with Crippen molar-refractivity contribution in [1.82, 2.24) is 10.2 Å². The van der Waals surface area contributed by atoms with Gasteiger partial charge in [0.15, 0.2) is 0 Å². The Morgan fingerprint density at radius 2 is 1.94 bits per heavy atom. The summed E-state index contributed by atoms with van der Waals surface area (Å²) in [6, 6.07) is 3.95. The molecular weight excluding hydrogens is 448 g/mol. The van der Waals surface area contributed by atoms with Gasteiger partial charge in [-0.1, -0.05) is 31.0 Å². The maximum atomic E-state index is 12.9. The smallest absolute Gasteiger partial charge is 0.253 e. The van der Waals surface area contributed by atoms with Gasteiger partial charge in [0, 0.05) is 25.9 Å². The number of carbonyl (C=O) groups is 2. The first-order valence-corrected chi connectivity index (χ1v) is 13.4. The van der Waals surface area contributed by atoms with Crippen LogP contribution in [0.15, 0.2) is 17.1 Å². The van der Waals surface area contributed by atoms with Crippen molar-refractivity contribution in [1.29, 1.82) is 0 Å². The summed E-state index contributed by atoms with van der Waals surface area (Å²) in [6.45, 7) is 8.60. The van der Waals surface area contributed by atoms with Gasteiger partial charge in [-0.25, -0.2) is 0 Å². The highest BCUT2D eigenvalue weighted by Crippen LogP contribution is 2.36. The van der Waals surface area contributed by atoms with E-state index in [2.05, 4.69) is 28.5 Å². The van der Waals surface area contributed by atoms with E-state index in [4.69, 9.17) is 16.6 Å². The molecule has 34 heavy (non-hydrogen) atoms. The average molecular weight is 487 g/mol. The SMILES string of the molecule is CC[C@H]1CC[C@H](C2=NC3(CCN(CCCc4ccc(NC(C)=O)c(Cl)c4C)CC3)C(=O)N2)CC1. The van der Waals surface area contributed by atoms with E-state index >= 15 is 0 Å². The number of rotatable bonds is 7. The third-order valence-electron chi connectivity index (χ3n) is 8.22. The van der Waals surface area contributed by atoms with E-state index in [1.807, 2.05) is 13.0 Å². The predicted molar refractivity (Wildman–Crippen MR) is 139 cm³/mol. The number of aliphatic imine (C=N–C) groups is 1. The van der Waals surface area contributed by atoms with E-state index in [0.29, 0.717) is 16.6 Å². The fraction of sp³-hybridized carbons (Fsp3) is 0.667. The average Bonchev–Trinajstić information content (AvgIpc) is 3.15. The van der Waals surface area contributed by atoms with E-state index in [0.717, 1.165) is 75.5 Å². The minimum atomic E-state index is -0.531. The summed E-state index contributed by atoms with van der Waals surface area (Å²) < 4.78 is 0. The van der Waals surface area contributed by atoms with Gasteiger partial charge in [-0.3, -0.25) is 14.6 Å². The highest BCUT2D eigenvalue weighted by Gasteiger charge is 2.46. The van der Waals surface area contributed by atoms with Gasteiger partial charge in [0.25, 0.3) is 5.91 Å². The molecule has 2 heterocycles. The quantitative estimate of drug-likeness (QED) is 0.561. The lowest BCUT2D eigenvalue weighted by atomic mass is 9.80. The van der Waals surface area contributed by atoms with Gasteiger partial charge in [-0.05, 0) is 87.9 Å². The van der Waals surface area contributed by atoms with Crippen molar-refractivity contribution in [2.45, 2.75) is 84.1 Å². The molecule has 1 saturated heterocycles. The molecule has 1 saturated carbocycles. The van der Waals surface area contributed by atoms with Crippen LogP contribution in [0.4, 0.5) is 5.69 Å². The number of likely N-dealkylation sites (tertiary alicyclic amines) is 1. The highest BCUT2D eigenvalue weighted by atomic mass is 35.5. The summed E-state index contributed by atoms with van der Waals surface area (Å²) in [5.41, 5.74) is 2.39. The molecule has 0 radical (unpaired) electrons. The molecule has 0 aromatic heterocycles. The Balaban J connectivity index is 1.27. The van der Waals surface area contributed by atoms with Gasteiger partial charge in [0.1, 0.15) is 11.4 Å². The topological polar surface area (TPSA) is 73.8 Å². The van der Waals surface area contributed by atoms with Crippen LogP contribution in [0, 0.1) is 18.8 Å². The van der Waals surface area contributed by atoms with E-state index in [-0.39, 0.29) is 11.8 Å². The van der Waals surface area contributed by atoms with Crippen molar-refractivity contribution < 1.29 is 9.59 Å². The van der Waals surface area contributed by atoms with E-state index in [9.17, 15) is 9.59 Å². The number of piperidine rings is 1. The van der Waals surface area contributed by atoms with Crippen LogP contribution in [0.5, 0.6) is 0 Å². The summed E-state index contributed by atoms with van der Waals surface area (Å²) >= 11 is 6.46. The molecule has 2 N–H and O–H groups in total. The molecule has 186 valence electrons. The zero-order chi connectivity index (χ0) is 24.3. The first-order chi connectivity index (χ1) is 16.3. The van der Waals surface area contributed by atoms with Crippen LogP contribution in [0.1, 0.15) is 76.3 Å². The zero-order valence-corrected chi connectivity index (χ0v) is 21.6. The number of anilines is 1. The summed E-state index contributed by atoms with van der Waals surface area (Å²) in [4.78, 5) is 31.7. The molecule has 0 atom stereocenters. The van der Waals surface area contributed by atoms with Crippen molar-refractivity contribution in [3.05, 3.63) is 28.3 Å². The maximum Gasteiger partial charge on any atom is 0.253 e. The van der Waals surface area contributed by atoms with Crippen LogP contribution in [0.25, 0.3) is 0 Å². The lowest BCUT2D eigenvalue weighted by Crippen LogP contribution is -2.49. The molecule has 1 aromatic carbocycles. The zero-order valence-electron chi connectivity index (χ0n) is 20.9. The fourth-order valence-corrected chi connectivity index (χ4v) is 6.07. The van der Waals surface area contributed by atoms with Crippen LogP contribution in [0.2, 0.25) is 5.02 Å². The summed E-state index contributed by atoms with van der Waals surface area (Å²) in [7, 11) is 0. The van der Waals surface area contributed by atoms with Crippen LogP contribution in [0.3, 0.4) is 0 Å². The van der Waals surface area contributed by atoms with Gasteiger partial charge in [0.05, 0.1) is 10.7 Å². The molecule has 7 heteroatoms. The molecule has 1 aromatic rings. The second kappa shape index (κ2) is 10.8. The third kappa shape index (κ3) is 5.49. The number of amides is 2. The minimum Gasteiger partial charge on any atom is -0.325 e. The second-order valence-corrected chi connectivity index (χ2v) is 10.8. The Morgan fingerprint density at radius 1 is 1.24 bits per heavy atom. The molecule has 0 unspecified atom stereocenters. The molecule has 1 aliphatic carbocycles. The van der Waals surface area contributed by atoms with E-state index < -0.39 is 5.54 Å². The maximum absolute atomic E-state index is 12.9. The summed E-state index contributed by atoms with van der Waals surface area (Å²) in [5.74, 6) is 2.28. The Bertz CT molecular complexity index is 944. The predicted octanol–water partition coefficient (Wildman–Crippen LogP) is 5.12.